The fourth-order valence-corrected chi connectivity index (χ4v) is 4.92. The van der Waals surface area contributed by atoms with Crippen LogP contribution in [0.1, 0.15) is 6.42 Å². The molecule has 3 heterocycles. The van der Waals surface area contributed by atoms with Crippen molar-refractivity contribution in [3.8, 4) is 0 Å². The normalized spacial score (nSPS) is 22.0. The average Bonchev–Trinajstić information content (AvgIpc) is 3.00. The highest BCUT2D eigenvalue weighted by Gasteiger charge is 2.34. The van der Waals surface area contributed by atoms with Crippen LogP contribution in [-0.2, 0) is 14.6 Å². The van der Waals surface area contributed by atoms with Crippen molar-refractivity contribution < 1.29 is 17.9 Å². The second-order valence-electron chi connectivity index (χ2n) is 6.43. The summed E-state index contributed by atoms with van der Waals surface area (Å²) < 4.78 is 28.7. The summed E-state index contributed by atoms with van der Waals surface area (Å²) >= 11 is 0. The molecule has 1 atom stereocenters. The minimum Gasteiger partial charge on any atom is -0.378 e. The maximum Gasteiger partial charge on any atom is 0.322 e. The molecule has 0 bridgehead atoms. The molecule has 9 heteroatoms. The lowest BCUT2D eigenvalue weighted by molar-refractivity contribution is 0.122. The van der Waals surface area contributed by atoms with Gasteiger partial charge >= 0.3 is 6.03 Å². The van der Waals surface area contributed by atoms with E-state index in [2.05, 4.69) is 21.8 Å². The third kappa shape index (κ3) is 4.53. The standard InChI is InChI=1S/C17H24N4O4S/c1-2-6-21(15-5-11-26(23,24)13-15)17(22)19-14-3-4-16(18-12-14)20-7-9-25-10-8-20/h2-4,12,15H,1,5-11,13H2,(H,19,22)/t15-/m0/s1. The van der Waals surface area contributed by atoms with Crippen LogP contribution >= 0.6 is 0 Å². The Balaban J connectivity index is 1.64. The van der Waals surface area contributed by atoms with Crippen LogP contribution in [0.25, 0.3) is 0 Å². The minimum atomic E-state index is -3.07. The van der Waals surface area contributed by atoms with Gasteiger partial charge in [-0.15, -0.1) is 6.58 Å². The number of nitrogens with one attached hydrogen (secondary N) is 1. The number of nitrogens with zero attached hydrogens (tertiary/aromatic N) is 3. The van der Waals surface area contributed by atoms with E-state index < -0.39 is 9.84 Å². The number of aromatic nitrogens is 1. The number of carbonyl (C=O) groups excluding carboxylic acids is 1. The number of amides is 2. The maximum atomic E-state index is 12.6. The van der Waals surface area contributed by atoms with Crippen LogP contribution in [0.5, 0.6) is 0 Å². The van der Waals surface area contributed by atoms with Gasteiger partial charge in [-0.3, -0.25) is 0 Å². The van der Waals surface area contributed by atoms with Crippen LogP contribution in [0.2, 0.25) is 0 Å². The second kappa shape index (κ2) is 8.05. The maximum absolute atomic E-state index is 12.6. The van der Waals surface area contributed by atoms with E-state index in [1.165, 1.54) is 4.90 Å². The van der Waals surface area contributed by atoms with Gasteiger partial charge in [0.15, 0.2) is 9.84 Å². The number of rotatable bonds is 5. The molecule has 8 nitrogen and oxygen atoms in total. The monoisotopic (exact) mass is 380 g/mol. The van der Waals surface area contributed by atoms with Crippen molar-refractivity contribution in [2.75, 3.05) is 54.6 Å². The zero-order valence-electron chi connectivity index (χ0n) is 14.6. The Bertz CT molecular complexity index is 745. The third-order valence-corrected chi connectivity index (χ3v) is 6.32. The van der Waals surface area contributed by atoms with Gasteiger partial charge in [-0.2, -0.15) is 0 Å². The van der Waals surface area contributed by atoms with Gasteiger partial charge in [-0.25, -0.2) is 18.2 Å². The van der Waals surface area contributed by atoms with Gasteiger partial charge in [-0.05, 0) is 18.6 Å². The minimum absolute atomic E-state index is 0.00246. The molecule has 0 spiro atoms. The van der Waals surface area contributed by atoms with Crippen molar-refractivity contribution >= 4 is 27.4 Å². The Morgan fingerprint density at radius 3 is 2.77 bits per heavy atom. The Hall–Kier alpha value is -2.13. The molecule has 2 fully saturated rings. The van der Waals surface area contributed by atoms with E-state index in [-0.39, 0.29) is 23.6 Å². The Morgan fingerprint density at radius 1 is 1.42 bits per heavy atom. The number of pyridine rings is 1. The molecule has 0 unspecified atom stereocenters. The summed E-state index contributed by atoms with van der Waals surface area (Å²) in [6.07, 6.45) is 3.67. The predicted octanol–water partition coefficient (Wildman–Crippen LogP) is 1.13. The molecule has 142 valence electrons. The molecular formula is C17H24N4O4S. The third-order valence-electron chi connectivity index (χ3n) is 4.57. The molecule has 26 heavy (non-hydrogen) atoms. The number of sulfone groups is 1. The largest absolute Gasteiger partial charge is 0.378 e. The topological polar surface area (TPSA) is 91.8 Å². The summed E-state index contributed by atoms with van der Waals surface area (Å²) in [4.78, 5) is 20.7. The molecule has 2 saturated heterocycles. The summed E-state index contributed by atoms with van der Waals surface area (Å²) in [5, 5.41) is 2.80. The summed E-state index contributed by atoms with van der Waals surface area (Å²) in [6.45, 7) is 6.91. The Labute approximate surface area is 153 Å². The average molecular weight is 380 g/mol. The molecule has 2 amide bonds. The molecule has 1 N–H and O–H groups in total. The van der Waals surface area contributed by atoms with Crippen molar-refractivity contribution in [2.24, 2.45) is 0 Å². The second-order valence-corrected chi connectivity index (χ2v) is 8.66. The first-order valence-electron chi connectivity index (χ1n) is 8.66. The van der Waals surface area contributed by atoms with Crippen molar-refractivity contribution in [1.29, 1.82) is 0 Å². The number of hydrogen-bond donors (Lipinski definition) is 1. The number of ether oxygens (including phenoxy) is 1. The molecule has 2 aliphatic rings. The van der Waals surface area contributed by atoms with Crippen molar-refractivity contribution in [2.45, 2.75) is 12.5 Å². The van der Waals surface area contributed by atoms with E-state index in [1.807, 2.05) is 6.07 Å². The van der Waals surface area contributed by atoms with Gasteiger partial charge < -0.3 is 19.9 Å². The lowest BCUT2D eigenvalue weighted by Gasteiger charge is -2.28. The highest BCUT2D eigenvalue weighted by Crippen LogP contribution is 2.20. The van der Waals surface area contributed by atoms with Gasteiger partial charge in [0.25, 0.3) is 0 Å². The SMILES string of the molecule is C=CCN(C(=O)Nc1ccc(N2CCOCC2)nc1)[C@H]1CCS(=O)(=O)C1. The highest BCUT2D eigenvalue weighted by molar-refractivity contribution is 7.91. The molecule has 3 rings (SSSR count). The van der Waals surface area contributed by atoms with E-state index in [4.69, 9.17) is 4.74 Å². The number of urea groups is 1. The smallest absolute Gasteiger partial charge is 0.322 e. The van der Waals surface area contributed by atoms with Gasteiger partial charge in [0.1, 0.15) is 5.82 Å². The van der Waals surface area contributed by atoms with Crippen molar-refractivity contribution in [1.82, 2.24) is 9.88 Å². The molecule has 0 saturated carbocycles. The number of anilines is 2. The van der Waals surface area contributed by atoms with Gasteiger partial charge in [0.2, 0.25) is 0 Å². The first kappa shape index (κ1) is 18.7. The van der Waals surface area contributed by atoms with Crippen LogP contribution < -0.4 is 10.2 Å². The van der Waals surface area contributed by atoms with Crippen LogP contribution in [-0.4, -0.2) is 74.7 Å². The lowest BCUT2D eigenvalue weighted by Crippen LogP contribution is -2.43. The van der Waals surface area contributed by atoms with Crippen molar-refractivity contribution in [3.63, 3.8) is 0 Å². The van der Waals surface area contributed by atoms with Crippen LogP contribution in [0.15, 0.2) is 31.0 Å². The molecule has 0 aliphatic carbocycles. The van der Waals surface area contributed by atoms with Gasteiger partial charge in [0, 0.05) is 25.7 Å². The Kier molecular flexibility index (Phi) is 5.77. The Morgan fingerprint density at radius 2 is 2.19 bits per heavy atom. The fourth-order valence-electron chi connectivity index (χ4n) is 3.19. The first-order chi connectivity index (χ1) is 12.5. The molecule has 0 radical (unpaired) electrons. The van der Waals surface area contributed by atoms with Crippen LogP contribution in [0, 0.1) is 0 Å². The van der Waals surface area contributed by atoms with Gasteiger partial charge in [0.05, 0.1) is 36.6 Å². The first-order valence-corrected chi connectivity index (χ1v) is 10.5. The van der Waals surface area contributed by atoms with E-state index in [1.54, 1.807) is 18.3 Å². The zero-order valence-corrected chi connectivity index (χ0v) is 15.5. The summed E-state index contributed by atoms with van der Waals surface area (Å²) in [6, 6.07) is 3.00. The summed E-state index contributed by atoms with van der Waals surface area (Å²) in [7, 11) is -3.07. The summed E-state index contributed by atoms with van der Waals surface area (Å²) in [5.41, 5.74) is 0.571. The van der Waals surface area contributed by atoms with Gasteiger partial charge in [-0.1, -0.05) is 6.08 Å². The molecular weight excluding hydrogens is 356 g/mol. The molecule has 1 aromatic heterocycles. The highest BCUT2D eigenvalue weighted by atomic mass is 32.2. The molecule has 0 aromatic carbocycles. The zero-order chi connectivity index (χ0) is 18.6. The van der Waals surface area contributed by atoms with E-state index in [9.17, 15) is 13.2 Å². The number of morpholine rings is 1. The molecule has 2 aliphatic heterocycles. The van der Waals surface area contributed by atoms with Crippen molar-refractivity contribution in [3.05, 3.63) is 31.0 Å². The van der Waals surface area contributed by atoms with E-state index in [0.29, 0.717) is 31.9 Å². The van der Waals surface area contributed by atoms with E-state index >= 15 is 0 Å². The van der Waals surface area contributed by atoms with Crippen LogP contribution in [0.4, 0.5) is 16.3 Å². The quantitative estimate of drug-likeness (QED) is 0.770. The predicted molar refractivity (Wildman–Crippen MR) is 100 cm³/mol. The lowest BCUT2D eigenvalue weighted by atomic mass is 10.2. The fraction of sp³-hybridized carbons (Fsp3) is 0.529. The number of carbonyl (C=O) groups is 1. The van der Waals surface area contributed by atoms with E-state index in [0.717, 1.165) is 18.9 Å². The number of hydrogen-bond acceptors (Lipinski definition) is 6. The van der Waals surface area contributed by atoms with Crippen LogP contribution in [0.3, 0.4) is 0 Å². The summed E-state index contributed by atoms with van der Waals surface area (Å²) in [5.74, 6) is 0.966. The molecule has 1 aromatic rings.